The Kier molecular flexibility index (Phi) is 6.29. The van der Waals surface area contributed by atoms with Crippen LogP contribution in [0.3, 0.4) is 0 Å². The summed E-state index contributed by atoms with van der Waals surface area (Å²) in [5.74, 6) is -2.20. The van der Waals surface area contributed by atoms with Crippen LogP contribution in [0.5, 0.6) is 0 Å². The van der Waals surface area contributed by atoms with Gasteiger partial charge in [0.05, 0.1) is 27.4 Å². The van der Waals surface area contributed by atoms with E-state index in [1.807, 2.05) is 0 Å². The second-order valence-corrected chi connectivity index (χ2v) is 7.73. The first kappa shape index (κ1) is 19.5. The molecular formula is C16H16Cl2N2O4S. The molecule has 0 fully saturated rings. The van der Waals surface area contributed by atoms with Crippen LogP contribution in [0.1, 0.15) is 17.9 Å². The van der Waals surface area contributed by atoms with Crippen LogP contribution >= 0.6 is 23.2 Å². The van der Waals surface area contributed by atoms with Crippen LogP contribution in [0, 0.1) is 0 Å². The zero-order valence-corrected chi connectivity index (χ0v) is 15.3. The second-order valence-electron chi connectivity index (χ2n) is 5.34. The van der Waals surface area contributed by atoms with Gasteiger partial charge < -0.3 is 11.1 Å². The van der Waals surface area contributed by atoms with Crippen molar-refractivity contribution >= 4 is 50.6 Å². The molecule has 4 N–H and O–H groups in total. The zero-order valence-electron chi connectivity index (χ0n) is 12.9. The Bertz CT molecular complexity index is 867. The van der Waals surface area contributed by atoms with Crippen LogP contribution in [-0.2, 0) is 14.9 Å². The van der Waals surface area contributed by atoms with Crippen molar-refractivity contribution < 1.29 is 17.8 Å². The number of carbonyl (C=O) groups excluding carboxylic acids is 1. The van der Waals surface area contributed by atoms with E-state index in [2.05, 4.69) is 5.32 Å². The molecule has 2 aromatic carbocycles. The molecule has 134 valence electrons. The van der Waals surface area contributed by atoms with Gasteiger partial charge in [-0.3, -0.25) is 9.35 Å². The molecule has 0 aromatic heterocycles. The maximum absolute atomic E-state index is 11.8. The number of nitrogens with one attached hydrogen (secondary N) is 1. The standard InChI is InChI=1S/C16H16Cl2N2O4S/c17-12-5-3-6-13(18)15(12)20-14-7-2-1-4-10(14)11(16(19)21)8-9-25(22,23)24/h1-7,11,20H,8-9H2,(H2,19,21)(H,22,23,24). The smallest absolute Gasteiger partial charge is 0.264 e. The number of carbonyl (C=O) groups is 1. The van der Waals surface area contributed by atoms with Gasteiger partial charge in [-0.05, 0) is 30.2 Å². The lowest BCUT2D eigenvalue weighted by Gasteiger charge is -2.19. The van der Waals surface area contributed by atoms with Gasteiger partial charge in [0.15, 0.2) is 0 Å². The molecule has 25 heavy (non-hydrogen) atoms. The minimum Gasteiger partial charge on any atom is -0.369 e. The Labute approximate surface area is 155 Å². The molecule has 2 aromatic rings. The molecule has 0 saturated carbocycles. The van der Waals surface area contributed by atoms with Crippen LogP contribution in [0.25, 0.3) is 0 Å². The fraction of sp³-hybridized carbons (Fsp3) is 0.188. The first-order valence-electron chi connectivity index (χ1n) is 7.23. The number of benzene rings is 2. The van der Waals surface area contributed by atoms with Crippen molar-refractivity contribution in [2.24, 2.45) is 5.73 Å². The van der Waals surface area contributed by atoms with Crippen LogP contribution in [0.2, 0.25) is 10.0 Å². The number of hydrogen-bond acceptors (Lipinski definition) is 4. The van der Waals surface area contributed by atoms with Gasteiger partial charge in [0.25, 0.3) is 10.1 Å². The Morgan fingerprint density at radius 3 is 2.28 bits per heavy atom. The van der Waals surface area contributed by atoms with Crippen molar-refractivity contribution in [1.82, 2.24) is 0 Å². The molecule has 0 heterocycles. The van der Waals surface area contributed by atoms with Crippen molar-refractivity contribution in [2.45, 2.75) is 12.3 Å². The quantitative estimate of drug-likeness (QED) is 0.612. The monoisotopic (exact) mass is 402 g/mol. The molecule has 6 nitrogen and oxygen atoms in total. The second kappa shape index (κ2) is 8.05. The summed E-state index contributed by atoms with van der Waals surface area (Å²) >= 11 is 12.3. The average Bonchev–Trinajstić information content (AvgIpc) is 2.51. The molecular weight excluding hydrogens is 387 g/mol. The van der Waals surface area contributed by atoms with E-state index in [-0.39, 0.29) is 6.42 Å². The molecule has 0 aliphatic rings. The van der Waals surface area contributed by atoms with E-state index in [0.29, 0.717) is 27.0 Å². The number of para-hydroxylation sites is 2. The minimum atomic E-state index is -4.22. The van der Waals surface area contributed by atoms with E-state index in [1.165, 1.54) is 0 Å². The third kappa shape index (κ3) is 5.34. The molecule has 1 atom stereocenters. The first-order chi connectivity index (χ1) is 11.7. The summed E-state index contributed by atoms with van der Waals surface area (Å²) in [5, 5.41) is 3.83. The maximum Gasteiger partial charge on any atom is 0.264 e. The molecule has 0 saturated heterocycles. The van der Waals surface area contributed by atoms with Crippen molar-refractivity contribution in [1.29, 1.82) is 0 Å². The highest BCUT2D eigenvalue weighted by atomic mass is 35.5. The van der Waals surface area contributed by atoms with Crippen LogP contribution < -0.4 is 11.1 Å². The molecule has 0 aliphatic heterocycles. The van der Waals surface area contributed by atoms with E-state index in [4.69, 9.17) is 33.5 Å². The Balaban J connectivity index is 2.40. The molecule has 0 aliphatic carbocycles. The molecule has 1 amide bonds. The predicted octanol–water partition coefficient (Wildman–Crippen LogP) is 3.58. The summed E-state index contributed by atoms with van der Waals surface area (Å²) in [6, 6.07) is 11.8. The summed E-state index contributed by atoms with van der Waals surface area (Å²) in [5.41, 5.74) is 6.87. The van der Waals surface area contributed by atoms with E-state index in [9.17, 15) is 13.2 Å². The van der Waals surface area contributed by atoms with E-state index < -0.39 is 27.7 Å². The minimum absolute atomic E-state index is 0.150. The van der Waals surface area contributed by atoms with Crippen molar-refractivity contribution in [2.75, 3.05) is 11.1 Å². The molecule has 1 unspecified atom stereocenters. The lowest BCUT2D eigenvalue weighted by Crippen LogP contribution is -2.24. The van der Waals surface area contributed by atoms with Crippen molar-refractivity contribution in [3.8, 4) is 0 Å². The lowest BCUT2D eigenvalue weighted by atomic mass is 9.94. The van der Waals surface area contributed by atoms with Gasteiger partial charge in [0.2, 0.25) is 5.91 Å². The highest BCUT2D eigenvalue weighted by molar-refractivity contribution is 7.85. The Morgan fingerprint density at radius 2 is 1.72 bits per heavy atom. The molecule has 0 spiro atoms. The van der Waals surface area contributed by atoms with Gasteiger partial charge in [0, 0.05) is 5.69 Å². The Morgan fingerprint density at radius 1 is 1.12 bits per heavy atom. The number of anilines is 2. The lowest BCUT2D eigenvalue weighted by molar-refractivity contribution is -0.119. The fourth-order valence-corrected chi connectivity index (χ4v) is 3.41. The third-order valence-corrected chi connectivity index (χ3v) is 4.95. The predicted molar refractivity (Wildman–Crippen MR) is 99.2 cm³/mol. The van der Waals surface area contributed by atoms with Gasteiger partial charge in [-0.1, -0.05) is 47.5 Å². The van der Waals surface area contributed by atoms with Crippen LogP contribution in [0.15, 0.2) is 42.5 Å². The van der Waals surface area contributed by atoms with E-state index in [1.54, 1.807) is 42.5 Å². The van der Waals surface area contributed by atoms with Gasteiger partial charge in [-0.2, -0.15) is 8.42 Å². The summed E-state index contributed by atoms with van der Waals surface area (Å²) < 4.78 is 31.0. The average molecular weight is 403 g/mol. The number of hydrogen-bond donors (Lipinski definition) is 3. The molecule has 0 bridgehead atoms. The summed E-state index contributed by atoms with van der Waals surface area (Å²) in [6.45, 7) is 0. The van der Waals surface area contributed by atoms with Crippen molar-refractivity contribution in [3.05, 3.63) is 58.1 Å². The topological polar surface area (TPSA) is 109 Å². The van der Waals surface area contributed by atoms with Crippen LogP contribution in [0.4, 0.5) is 11.4 Å². The fourth-order valence-electron chi connectivity index (χ4n) is 2.38. The third-order valence-electron chi connectivity index (χ3n) is 3.57. The molecule has 2 rings (SSSR count). The van der Waals surface area contributed by atoms with Crippen LogP contribution in [-0.4, -0.2) is 24.6 Å². The zero-order chi connectivity index (χ0) is 18.6. The largest absolute Gasteiger partial charge is 0.369 e. The number of primary amides is 1. The summed E-state index contributed by atoms with van der Waals surface area (Å²) in [7, 11) is -4.22. The Hall–Kier alpha value is -1.80. The summed E-state index contributed by atoms with van der Waals surface area (Å²) in [4.78, 5) is 11.8. The number of rotatable bonds is 7. The highest BCUT2D eigenvalue weighted by Gasteiger charge is 2.23. The van der Waals surface area contributed by atoms with Gasteiger partial charge in [0.1, 0.15) is 0 Å². The maximum atomic E-state index is 11.8. The normalized spacial score (nSPS) is 12.6. The van der Waals surface area contributed by atoms with Gasteiger partial charge >= 0.3 is 0 Å². The molecule has 9 heteroatoms. The number of nitrogens with two attached hydrogens (primary N) is 1. The van der Waals surface area contributed by atoms with Crippen molar-refractivity contribution in [3.63, 3.8) is 0 Å². The molecule has 0 radical (unpaired) electrons. The van der Waals surface area contributed by atoms with E-state index >= 15 is 0 Å². The number of halogens is 2. The van der Waals surface area contributed by atoms with Gasteiger partial charge in [-0.15, -0.1) is 0 Å². The SMILES string of the molecule is NC(=O)C(CCS(=O)(=O)O)c1ccccc1Nc1c(Cl)cccc1Cl. The highest BCUT2D eigenvalue weighted by Crippen LogP contribution is 2.36. The first-order valence-corrected chi connectivity index (χ1v) is 9.60. The summed E-state index contributed by atoms with van der Waals surface area (Å²) in [6.07, 6.45) is -0.150. The number of amides is 1. The van der Waals surface area contributed by atoms with E-state index in [0.717, 1.165) is 0 Å². The van der Waals surface area contributed by atoms with Gasteiger partial charge in [-0.25, -0.2) is 0 Å².